The van der Waals surface area contributed by atoms with Gasteiger partial charge >= 0.3 is 0 Å². The number of rotatable bonds is 0. The molecule has 0 unspecified atom stereocenters. The van der Waals surface area contributed by atoms with Crippen molar-refractivity contribution in [3.05, 3.63) is 0 Å². The quantitative estimate of drug-likeness (QED) is 0.658. The molecule has 0 fully saturated rings. The molecule has 3 N–H and O–H groups in total. The van der Waals surface area contributed by atoms with Gasteiger partial charge in [0.15, 0.2) is 0 Å². The minimum atomic E-state index is 0. The van der Waals surface area contributed by atoms with Crippen LogP contribution >= 0.6 is 81.0 Å². The molecule has 0 heterocycles. The predicted octanol–water partition coefficient (Wildman–Crippen LogP) is 0.836. The summed E-state index contributed by atoms with van der Waals surface area (Å²) >= 11 is 0. The molecule has 0 aromatic heterocycles. The summed E-state index contributed by atoms with van der Waals surface area (Å²) in [5, 5.41) is 0. The molecule has 0 aliphatic heterocycles. The van der Waals surface area contributed by atoms with E-state index in [1.54, 1.807) is 0 Å². The summed E-state index contributed by atoms with van der Waals surface area (Å²) in [7, 11) is 0. The molecule has 0 atom stereocenters. The van der Waals surface area contributed by atoms with Crippen LogP contribution < -0.4 is 6.15 Å². The summed E-state index contributed by atoms with van der Waals surface area (Å²) in [6.07, 6.45) is 0. The van der Waals surface area contributed by atoms with Crippen molar-refractivity contribution in [1.29, 1.82) is 0 Å². The van der Waals surface area contributed by atoms with E-state index in [1.165, 1.54) is 0 Å². The van der Waals surface area contributed by atoms with Crippen molar-refractivity contribution in [2.45, 2.75) is 0 Å². The van der Waals surface area contributed by atoms with Gasteiger partial charge in [0.05, 0.1) is 0 Å². The van der Waals surface area contributed by atoms with Crippen molar-refractivity contribution in [1.82, 2.24) is 6.15 Å². The van der Waals surface area contributed by atoms with Crippen molar-refractivity contribution >= 4 is 81.0 Å². The average molecular weight is 287 g/mol. The molecule has 0 aromatic carbocycles. The fourth-order valence-corrected chi connectivity index (χ4v) is 0. The third kappa shape index (κ3) is 71.2. The summed E-state index contributed by atoms with van der Waals surface area (Å²) in [6, 6.07) is 0. The van der Waals surface area contributed by atoms with Gasteiger partial charge < -0.3 is 6.15 Å². The fourth-order valence-electron chi connectivity index (χ4n) is 0. The molecular formula is H15NS6Zn. The Morgan fingerprint density at radius 2 is 0.375 bits per heavy atom. The fraction of sp³-hybridized carbons (Fsp3) is 0. The molecule has 0 aliphatic rings. The Kier molecular flexibility index (Phi) is 1760. The van der Waals surface area contributed by atoms with Crippen LogP contribution in [0.5, 0.6) is 0 Å². The normalized spacial score (nSPS) is 0. The molecule has 0 saturated heterocycles. The van der Waals surface area contributed by atoms with E-state index in [0.717, 1.165) is 0 Å². The third-order valence-corrected chi connectivity index (χ3v) is 0. The summed E-state index contributed by atoms with van der Waals surface area (Å²) in [5.41, 5.74) is 0. The molecule has 0 spiro atoms. The van der Waals surface area contributed by atoms with Crippen molar-refractivity contribution < 1.29 is 19.5 Å². The molecule has 58 valence electrons. The second-order valence-electron chi connectivity index (χ2n) is 0. The van der Waals surface area contributed by atoms with Crippen LogP contribution in [0.3, 0.4) is 0 Å². The van der Waals surface area contributed by atoms with Crippen LogP contribution in [-0.2, 0) is 19.5 Å². The molecule has 1 nitrogen and oxygen atoms in total. The first-order valence-corrected chi connectivity index (χ1v) is 0. The van der Waals surface area contributed by atoms with Crippen LogP contribution in [-0.4, -0.2) is 0 Å². The van der Waals surface area contributed by atoms with Gasteiger partial charge in [0, 0.05) is 19.5 Å². The zero-order valence-corrected chi connectivity index (χ0v) is 13.4. The van der Waals surface area contributed by atoms with Crippen molar-refractivity contribution in [3.63, 3.8) is 0 Å². The van der Waals surface area contributed by atoms with E-state index < -0.39 is 0 Å². The van der Waals surface area contributed by atoms with E-state index in [4.69, 9.17) is 0 Å². The minimum absolute atomic E-state index is 0. The van der Waals surface area contributed by atoms with E-state index >= 15 is 0 Å². The van der Waals surface area contributed by atoms with E-state index in [1.807, 2.05) is 0 Å². The van der Waals surface area contributed by atoms with Crippen molar-refractivity contribution in [3.8, 4) is 0 Å². The van der Waals surface area contributed by atoms with Gasteiger partial charge in [-0.15, -0.1) is 0 Å². The van der Waals surface area contributed by atoms with Gasteiger partial charge in [-0.25, -0.2) is 0 Å². The summed E-state index contributed by atoms with van der Waals surface area (Å²) in [5.74, 6) is 0. The third-order valence-electron chi connectivity index (χ3n) is 0. The van der Waals surface area contributed by atoms with E-state index in [9.17, 15) is 0 Å². The molecule has 0 aromatic rings. The molecule has 0 aliphatic carbocycles. The number of hydrogen-bond acceptors (Lipinski definition) is 1. The van der Waals surface area contributed by atoms with Gasteiger partial charge in [0.25, 0.3) is 0 Å². The Morgan fingerprint density at radius 1 is 0.375 bits per heavy atom. The van der Waals surface area contributed by atoms with Crippen LogP contribution in [0.15, 0.2) is 0 Å². The summed E-state index contributed by atoms with van der Waals surface area (Å²) in [6.45, 7) is 0. The molecule has 0 saturated carbocycles. The van der Waals surface area contributed by atoms with Gasteiger partial charge in [0.2, 0.25) is 0 Å². The van der Waals surface area contributed by atoms with Crippen LogP contribution in [0.2, 0.25) is 0 Å². The Bertz CT molecular complexity index is 8.49. The zero-order valence-electron chi connectivity index (χ0n) is 4.41. The molecular weight excluding hydrogens is 272 g/mol. The molecule has 8 heavy (non-hydrogen) atoms. The maximum absolute atomic E-state index is 0. The maximum Gasteiger partial charge on any atom is 0 e. The molecule has 0 amide bonds. The average Bonchev–Trinajstić information content (AvgIpc) is 0. The van der Waals surface area contributed by atoms with E-state index in [-0.39, 0.29) is 107 Å². The number of hydrogen-bond donors (Lipinski definition) is 1. The maximum atomic E-state index is 0. The largest absolute Gasteiger partial charge is 0.344 e. The second kappa shape index (κ2) is 101. The topological polar surface area (TPSA) is 35.0 Å². The minimum Gasteiger partial charge on any atom is -0.344 e. The van der Waals surface area contributed by atoms with Gasteiger partial charge in [-0.05, 0) is 0 Å². The van der Waals surface area contributed by atoms with E-state index in [2.05, 4.69) is 0 Å². The summed E-state index contributed by atoms with van der Waals surface area (Å²) < 4.78 is 0. The van der Waals surface area contributed by atoms with Crippen molar-refractivity contribution in [2.75, 3.05) is 0 Å². The van der Waals surface area contributed by atoms with E-state index in [0.29, 0.717) is 0 Å². The van der Waals surface area contributed by atoms with Gasteiger partial charge in [-0.3, -0.25) is 0 Å². The first-order valence-electron chi connectivity index (χ1n) is 0. The molecule has 0 rings (SSSR count). The van der Waals surface area contributed by atoms with Gasteiger partial charge in [-0.2, -0.15) is 81.0 Å². The first-order chi connectivity index (χ1) is 0. The second-order valence-corrected chi connectivity index (χ2v) is 0. The van der Waals surface area contributed by atoms with Crippen LogP contribution in [0.4, 0.5) is 0 Å². The molecule has 8 heteroatoms. The standard InChI is InChI=1S/H3N.6H2S.Zn/h1H3;6*1H2;. The smallest absolute Gasteiger partial charge is 0 e. The molecule has 0 bridgehead atoms. The first kappa shape index (κ1) is 139. The monoisotopic (exact) mass is 285 g/mol. The Hall–Kier alpha value is 2.68. The zero-order chi connectivity index (χ0) is 0. The molecule has 0 radical (unpaired) electrons. The Morgan fingerprint density at radius 3 is 0.375 bits per heavy atom. The van der Waals surface area contributed by atoms with Crippen LogP contribution in [0.25, 0.3) is 0 Å². The van der Waals surface area contributed by atoms with Gasteiger partial charge in [0.1, 0.15) is 0 Å². The predicted molar refractivity (Wildman–Crippen MR) is 67.3 cm³/mol. The van der Waals surface area contributed by atoms with Crippen LogP contribution in [0, 0.1) is 0 Å². The Labute approximate surface area is 106 Å². The van der Waals surface area contributed by atoms with Crippen LogP contribution in [0.1, 0.15) is 0 Å². The summed E-state index contributed by atoms with van der Waals surface area (Å²) in [4.78, 5) is 0. The Balaban J connectivity index is 0. The van der Waals surface area contributed by atoms with Gasteiger partial charge in [-0.1, -0.05) is 0 Å². The van der Waals surface area contributed by atoms with Crippen molar-refractivity contribution in [2.24, 2.45) is 0 Å². The SMILES string of the molecule is N.S.S.S.S.S.S.[Zn].